The third kappa shape index (κ3) is 2.64. The van der Waals surface area contributed by atoms with Crippen LogP contribution in [0.3, 0.4) is 0 Å². The van der Waals surface area contributed by atoms with Gasteiger partial charge in [0, 0.05) is 37.7 Å². The van der Waals surface area contributed by atoms with Gasteiger partial charge in [0.1, 0.15) is 11.6 Å². The van der Waals surface area contributed by atoms with Crippen molar-refractivity contribution in [1.29, 1.82) is 0 Å². The van der Waals surface area contributed by atoms with Crippen molar-refractivity contribution in [2.24, 2.45) is 12.5 Å². The van der Waals surface area contributed by atoms with Gasteiger partial charge in [-0.3, -0.25) is 4.79 Å². The number of imidazole rings is 1. The lowest BCUT2D eigenvalue weighted by Gasteiger charge is -2.35. The lowest BCUT2D eigenvalue weighted by Crippen LogP contribution is -2.42. The van der Waals surface area contributed by atoms with Crippen LogP contribution in [-0.2, 0) is 18.3 Å². The molecule has 1 saturated heterocycles. The van der Waals surface area contributed by atoms with E-state index >= 15 is 0 Å². The average molecular weight is 249 g/mol. The van der Waals surface area contributed by atoms with Gasteiger partial charge in [0.15, 0.2) is 0 Å². The highest BCUT2D eigenvalue weighted by Crippen LogP contribution is 2.34. The van der Waals surface area contributed by atoms with Crippen LogP contribution in [0.4, 0.5) is 0 Å². The van der Waals surface area contributed by atoms with Crippen molar-refractivity contribution in [3.8, 4) is 0 Å². The van der Waals surface area contributed by atoms with Crippen LogP contribution < -0.4 is 5.32 Å². The Morgan fingerprint density at radius 1 is 1.50 bits per heavy atom. The van der Waals surface area contributed by atoms with E-state index in [2.05, 4.69) is 17.2 Å². The zero-order valence-corrected chi connectivity index (χ0v) is 11.4. The number of rotatable bonds is 5. The molecule has 1 aromatic heterocycles. The number of aryl methyl sites for hydroxylation is 2. The first-order valence-electron chi connectivity index (χ1n) is 6.88. The highest BCUT2D eigenvalue weighted by atomic mass is 16.1. The molecule has 1 aliphatic rings. The predicted molar refractivity (Wildman–Crippen MR) is 71.4 cm³/mol. The summed E-state index contributed by atoms with van der Waals surface area (Å²) < 4.78 is 1.99. The van der Waals surface area contributed by atoms with Gasteiger partial charge in [-0.2, -0.15) is 0 Å². The number of hydrogen-bond donors (Lipinski definition) is 1. The number of Topliss-reactive ketones (excluding diaryl/α,β-unsaturated/α-hetero) is 1. The molecule has 18 heavy (non-hydrogen) atoms. The molecule has 0 atom stereocenters. The average Bonchev–Trinajstić information content (AvgIpc) is 2.82. The van der Waals surface area contributed by atoms with Gasteiger partial charge in [-0.1, -0.05) is 6.92 Å². The zero-order chi connectivity index (χ0) is 13.0. The second-order valence-electron chi connectivity index (χ2n) is 5.26. The minimum atomic E-state index is -0.0730. The Balaban J connectivity index is 1.96. The number of nitrogens with zero attached hydrogens (tertiary/aromatic N) is 2. The molecular weight excluding hydrogens is 226 g/mol. The van der Waals surface area contributed by atoms with Crippen LogP contribution in [0.1, 0.15) is 38.4 Å². The molecule has 0 aromatic carbocycles. The molecule has 0 saturated carbocycles. The van der Waals surface area contributed by atoms with E-state index < -0.39 is 0 Å². The Morgan fingerprint density at radius 3 is 2.78 bits per heavy atom. The predicted octanol–water partition coefficient (Wildman–Crippen LogP) is 1.70. The molecule has 1 N–H and O–H groups in total. The number of carbonyl (C=O) groups is 1. The molecule has 4 heteroatoms. The van der Waals surface area contributed by atoms with Crippen LogP contribution in [-0.4, -0.2) is 28.4 Å². The number of hydrogen-bond acceptors (Lipinski definition) is 3. The zero-order valence-electron chi connectivity index (χ0n) is 11.4. The molecule has 0 bridgehead atoms. The summed E-state index contributed by atoms with van der Waals surface area (Å²) in [7, 11) is 1.98. The summed E-state index contributed by atoms with van der Waals surface area (Å²) >= 11 is 0. The van der Waals surface area contributed by atoms with Crippen LogP contribution in [0.5, 0.6) is 0 Å². The van der Waals surface area contributed by atoms with Crippen molar-refractivity contribution >= 4 is 5.78 Å². The van der Waals surface area contributed by atoms with E-state index in [1.807, 2.05) is 17.8 Å². The Labute approximate surface area is 109 Å². The molecule has 4 nitrogen and oxygen atoms in total. The minimum Gasteiger partial charge on any atom is -0.338 e. The van der Waals surface area contributed by atoms with Crippen molar-refractivity contribution < 1.29 is 4.79 Å². The maximum absolute atomic E-state index is 12.5. The lowest BCUT2D eigenvalue weighted by molar-refractivity contribution is -0.130. The third-order valence-corrected chi connectivity index (χ3v) is 4.33. The quantitative estimate of drug-likeness (QED) is 0.864. The first-order chi connectivity index (χ1) is 8.68. The smallest absolute Gasteiger partial charge is 0.139 e. The van der Waals surface area contributed by atoms with Crippen molar-refractivity contribution in [2.45, 2.75) is 39.0 Å². The first kappa shape index (κ1) is 13.3. The lowest BCUT2D eigenvalue weighted by atomic mass is 9.72. The van der Waals surface area contributed by atoms with Crippen molar-refractivity contribution in [3.63, 3.8) is 0 Å². The topological polar surface area (TPSA) is 46.9 Å². The summed E-state index contributed by atoms with van der Waals surface area (Å²) in [5.74, 6) is 1.43. The number of aromatic nitrogens is 2. The van der Waals surface area contributed by atoms with E-state index in [0.29, 0.717) is 12.2 Å². The molecule has 0 spiro atoms. The summed E-state index contributed by atoms with van der Waals surface area (Å²) in [5.41, 5.74) is -0.0730. The normalized spacial score (nSPS) is 18.8. The van der Waals surface area contributed by atoms with Gasteiger partial charge in [-0.05, 0) is 32.4 Å². The number of nitrogens with one attached hydrogen (secondary N) is 1. The summed E-state index contributed by atoms with van der Waals surface area (Å²) in [6.07, 6.45) is 8.05. The molecule has 1 fully saturated rings. The van der Waals surface area contributed by atoms with Crippen LogP contribution in [0.25, 0.3) is 0 Å². The highest BCUT2D eigenvalue weighted by Gasteiger charge is 2.36. The maximum Gasteiger partial charge on any atom is 0.139 e. The maximum atomic E-state index is 12.5. The van der Waals surface area contributed by atoms with Crippen LogP contribution in [0.2, 0.25) is 0 Å². The van der Waals surface area contributed by atoms with E-state index in [1.54, 1.807) is 6.20 Å². The summed E-state index contributed by atoms with van der Waals surface area (Å²) in [5, 5.41) is 3.34. The van der Waals surface area contributed by atoms with Crippen LogP contribution in [0.15, 0.2) is 12.4 Å². The second-order valence-corrected chi connectivity index (χ2v) is 5.26. The molecule has 0 unspecified atom stereocenters. The molecule has 0 amide bonds. The van der Waals surface area contributed by atoms with E-state index in [1.165, 1.54) is 0 Å². The molecule has 0 radical (unpaired) electrons. The summed E-state index contributed by atoms with van der Waals surface area (Å²) in [6.45, 7) is 4.09. The van der Waals surface area contributed by atoms with Gasteiger partial charge in [-0.15, -0.1) is 0 Å². The SMILES string of the molecule is CCC1(C(=O)CCc2nccn2C)CCNCC1. The van der Waals surface area contributed by atoms with Crippen molar-refractivity contribution in [1.82, 2.24) is 14.9 Å². The molecule has 1 aliphatic heterocycles. The van der Waals surface area contributed by atoms with Gasteiger partial charge < -0.3 is 9.88 Å². The van der Waals surface area contributed by atoms with Gasteiger partial charge in [0.25, 0.3) is 0 Å². The Hall–Kier alpha value is -1.16. The largest absolute Gasteiger partial charge is 0.338 e. The Bertz CT molecular complexity index is 405. The van der Waals surface area contributed by atoms with Crippen LogP contribution in [0, 0.1) is 5.41 Å². The molecular formula is C14H23N3O. The fourth-order valence-electron chi connectivity index (χ4n) is 2.86. The van der Waals surface area contributed by atoms with Crippen LogP contribution >= 0.6 is 0 Å². The first-order valence-corrected chi connectivity index (χ1v) is 6.88. The van der Waals surface area contributed by atoms with E-state index in [-0.39, 0.29) is 5.41 Å². The van der Waals surface area contributed by atoms with Crippen molar-refractivity contribution in [3.05, 3.63) is 18.2 Å². The molecule has 1 aromatic rings. The molecule has 100 valence electrons. The van der Waals surface area contributed by atoms with Gasteiger partial charge in [-0.25, -0.2) is 4.98 Å². The number of piperidine rings is 1. The van der Waals surface area contributed by atoms with E-state index in [0.717, 1.165) is 44.6 Å². The molecule has 2 heterocycles. The van der Waals surface area contributed by atoms with Gasteiger partial charge in [0.2, 0.25) is 0 Å². The summed E-state index contributed by atoms with van der Waals surface area (Å²) in [6, 6.07) is 0. The fraction of sp³-hybridized carbons (Fsp3) is 0.714. The number of carbonyl (C=O) groups excluding carboxylic acids is 1. The van der Waals surface area contributed by atoms with E-state index in [4.69, 9.17) is 0 Å². The van der Waals surface area contributed by atoms with Crippen molar-refractivity contribution in [2.75, 3.05) is 13.1 Å². The number of ketones is 1. The van der Waals surface area contributed by atoms with E-state index in [9.17, 15) is 4.79 Å². The monoisotopic (exact) mass is 249 g/mol. The van der Waals surface area contributed by atoms with Gasteiger partial charge >= 0.3 is 0 Å². The fourth-order valence-corrected chi connectivity index (χ4v) is 2.86. The minimum absolute atomic E-state index is 0.0730. The second kappa shape index (κ2) is 5.65. The third-order valence-electron chi connectivity index (χ3n) is 4.33. The standard InChI is InChI=1S/C14H23N3O/c1-3-14(6-8-15-9-7-14)12(18)4-5-13-16-10-11-17(13)2/h10-11,15H,3-9H2,1-2H3. The highest BCUT2D eigenvalue weighted by molar-refractivity contribution is 5.85. The Kier molecular flexibility index (Phi) is 4.17. The Morgan fingerprint density at radius 2 is 2.22 bits per heavy atom. The van der Waals surface area contributed by atoms with Gasteiger partial charge in [0.05, 0.1) is 0 Å². The molecule has 2 rings (SSSR count). The summed E-state index contributed by atoms with van der Waals surface area (Å²) in [4.78, 5) is 16.8. The molecule has 0 aliphatic carbocycles.